The summed E-state index contributed by atoms with van der Waals surface area (Å²) >= 11 is 12.7. The van der Waals surface area contributed by atoms with Crippen molar-refractivity contribution < 1.29 is 19.1 Å². The Kier molecular flexibility index (Phi) is 9.17. The summed E-state index contributed by atoms with van der Waals surface area (Å²) in [5, 5.41) is 30.8. The zero-order valence-electron chi connectivity index (χ0n) is 24.3. The van der Waals surface area contributed by atoms with Crippen molar-refractivity contribution in [2.24, 2.45) is 0 Å². The Morgan fingerprint density at radius 3 is 2.72 bits per heavy atom. The van der Waals surface area contributed by atoms with Crippen LogP contribution in [0.1, 0.15) is 29.4 Å². The molecule has 1 aliphatic heterocycles. The second-order valence-electron chi connectivity index (χ2n) is 10.1. The van der Waals surface area contributed by atoms with E-state index in [1.807, 2.05) is 6.07 Å². The number of carbonyl (C=O) groups excluding carboxylic acids is 2. The highest BCUT2D eigenvalue weighted by atomic mass is 35.5. The van der Waals surface area contributed by atoms with Gasteiger partial charge in [0.2, 0.25) is 11.8 Å². The van der Waals surface area contributed by atoms with Crippen molar-refractivity contribution in [3.8, 4) is 22.7 Å². The number of tetrazole rings is 1. The van der Waals surface area contributed by atoms with E-state index < -0.39 is 18.0 Å². The molecule has 2 aromatic carbocycles. The van der Waals surface area contributed by atoms with E-state index in [9.17, 15) is 9.59 Å². The number of fused-ring (bicyclic) bond motifs is 1. The zero-order valence-corrected chi connectivity index (χ0v) is 25.8. The third kappa shape index (κ3) is 7.14. The van der Waals surface area contributed by atoms with Crippen molar-refractivity contribution in [2.45, 2.75) is 25.4 Å². The van der Waals surface area contributed by atoms with E-state index in [2.05, 4.69) is 46.2 Å². The fourth-order valence-corrected chi connectivity index (χ4v) is 5.23. The van der Waals surface area contributed by atoms with Crippen LogP contribution in [0.25, 0.3) is 22.9 Å². The summed E-state index contributed by atoms with van der Waals surface area (Å²) in [5.41, 5.74) is 4.29. The molecule has 14 nitrogen and oxygen atoms in total. The lowest BCUT2D eigenvalue weighted by Gasteiger charge is -2.17. The van der Waals surface area contributed by atoms with Crippen molar-refractivity contribution in [2.75, 3.05) is 19.0 Å². The first-order valence-electron chi connectivity index (χ1n) is 14.1. The number of anilines is 1. The second kappa shape index (κ2) is 13.7. The number of hydrogen-bond acceptors (Lipinski definition) is 10. The Morgan fingerprint density at radius 1 is 1.11 bits per heavy atom. The number of nitrogens with one attached hydrogen (secondary N) is 2. The molecule has 0 aliphatic carbocycles. The van der Waals surface area contributed by atoms with Gasteiger partial charge in [-0.25, -0.2) is 9.48 Å². The summed E-state index contributed by atoms with van der Waals surface area (Å²) in [6.45, 7) is 1.36. The van der Waals surface area contributed by atoms with Gasteiger partial charge in [0, 0.05) is 53.4 Å². The molecule has 4 heterocycles. The average Bonchev–Trinajstić information content (AvgIpc) is 3.74. The summed E-state index contributed by atoms with van der Waals surface area (Å²) in [5.74, 6) is 0.273. The zero-order chi connectivity index (χ0) is 32.0. The van der Waals surface area contributed by atoms with Gasteiger partial charge in [-0.3, -0.25) is 10.1 Å². The van der Waals surface area contributed by atoms with E-state index in [1.165, 1.54) is 24.2 Å². The molecule has 0 unspecified atom stereocenters. The number of aromatic nitrogens is 8. The normalized spacial score (nSPS) is 13.1. The number of nitrogens with zero attached hydrogens (tertiary/aromatic N) is 8. The molecule has 46 heavy (non-hydrogen) atoms. The van der Waals surface area contributed by atoms with Gasteiger partial charge < -0.3 is 14.8 Å². The fraction of sp³-hybridized carbons (Fsp3) is 0.200. The molecule has 16 heteroatoms. The Bertz CT molecular complexity index is 1870. The van der Waals surface area contributed by atoms with Crippen LogP contribution < -0.4 is 15.4 Å². The van der Waals surface area contributed by atoms with Crippen LogP contribution in [-0.4, -0.2) is 65.9 Å². The number of methoxy groups -OCH3 is 1. The average molecular weight is 662 g/mol. The molecule has 0 bridgehead atoms. The van der Waals surface area contributed by atoms with Crippen LogP contribution in [0.15, 0.2) is 67.0 Å². The number of aryl methyl sites for hydroxylation is 1. The molecule has 3 aromatic heterocycles. The van der Waals surface area contributed by atoms with Gasteiger partial charge in [0.25, 0.3) is 0 Å². The molecule has 0 radical (unpaired) electrons. The number of benzene rings is 2. The molecule has 234 valence electrons. The van der Waals surface area contributed by atoms with Gasteiger partial charge in [-0.05, 0) is 58.5 Å². The van der Waals surface area contributed by atoms with Crippen LogP contribution in [0.5, 0.6) is 5.88 Å². The van der Waals surface area contributed by atoms with Gasteiger partial charge in [0.1, 0.15) is 6.33 Å². The maximum Gasteiger partial charge on any atom is 0.411 e. The molecule has 0 spiro atoms. The van der Waals surface area contributed by atoms with Gasteiger partial charge in [-0.15, -0.1) is 10.2 Å². The first-order chi connectivity index (χ1) is 22.4. The lowest BCUT2D eigenvalue weighted by atomic mass is 10.0. The predicted octanol–water partition coefficient (Wildman–Crippen LogP) is 4.70. The highest BCUT2D eigenvalue weighted by Crippen LogP contribution is 2.30. The molecule has 1 aliphatic rings. The molecule has 2 amide bonds. The lowest BCUT2D eigenvalue weighted by Crippen LogP contribution is -2.29. The van der Waals surface area contributed by atoms with E-state index in [0.717, 1.165) is 18.5 Å². The van der Waals surface area contributed by atoms with Crippen LogP contribution in [0, 0.1) is 0 Å². The van der Waals surface area contributed by atoms with Gasteiger partial charge >= 0.3 is 6.09 Å². The highest BCUT2D eigenvalue weighted by Gasteiger charge is 2.22. The number of carbonyl (C=O) groups is 2. The molecule has 0 fully saturated rings. The SMILES string of the molecule is COC(=O)Nc1ccc(-c2cc([C@H](Cc3cc4n(n3)CCCO4)NC(=O)/C=C/c3cc(Cl)ccc3-n3cnnn3)nnc2Cl)cc1. The predicted molar refractivity (Wildman–Crippen MR) is 169 cm³/mol. The Morgan fingerprint density at radius 2 is 1.96 bits per heavy atom. The van der Waals surface area contributed by atoms with E-state index in [-0.39, 0.29) is 5.15 Å². The monoisotopic (exact) mass is 660 g/mol. The number of halogens is 2. The third-order valence-electron chi connectivity index (χ3n) is 7.04. The maximum atomic E-state index is 13.4. The molecule has 1 atom stereocenters. The molecular weight excluding hydrogens is 635 g/mol. The van der Waals surface area contributed by atoms with Gasteiger partial charge in [0.05, 0.1) is 36.8 Å². The summed E-state index contributed by atoms with van der Waals surface area (Å²) in [7, 11) is 1.29. The van der Waals surface area contributed by atoms with Crippen LogP contribution in [0.2, 0.25) is 10.2 Å². The van der Waals surface area contributed by atoms with Crippen LogP contribution in [0.3, 0.4) is 0 Å². The van der Waals surface area contributed by atoms with Gasteiger partial charge in [-0.2, -0.15) is 14.9 Å². The van der Waals surface area contributed by atoms with E-state index in [4.69, 9.17) is 27.9 Å². The van der Waals surface area contributed by atoms with E-state index in [0.29, 0.717) is 57.8 Å². The smallest absolute Gasteiger partial charge is 0.411 e. The first-order valence-corrected chi connectivity index (χ1v) is 14.8. The van der Waals surface area contributed by atoms with Crippen LogP contribution in [0.4, 0.5) is 10.5 Å². The van der Waals surface area contributed by atoms with Crippen molar-refractivity contribution in [1.82, 2.24) is 45.5 Å². The second-order valence-corrected chi connectivity index (χ2v) is 10.9. The van der Waals surface area contributed by atoms with Crippen LogP contribution in [-0.2, 0) is 22.5 Å². The van der Waals surface area contributed by atoms with Crippen molar-refractivity contribution in [1.29, 1.82) is 0 Å². The summed E-state index contributed by atoms with van der Waals surface area (Å²) in [4.78, 5) is 25.0. The Labute approximate surface area is 272 Å². The molecular formula is C30H26Cl2N10O4. The number of hydrogen-bond donors (Lipinski definition) is 2. The standard InChI is InChI=1S/C30H26Cl2N10O4/c1-45-30(44)34-21-7-3-18(4-8-21)23-16-25(36-37-29(23)32)24(14-22-15-28-41(38-22)11-2-12-46-28)35-27(43)10-5-19-13-20(31)6-9-26(19)42-17-33-39-40-42/h3-10,13,15-17,24H,2,11-12,14H2,1H3,(H,34,44)(H,35,43)/b10-5+/t24-/m0/s1. The van der Waals surface area contributed by atoms with Crippen molar-refractivity contribution in [3.05, 3.63) is 94.1 Å². The Balaban J connectivity index is 1.29. The van der Waals surface area contributed by atoms with Crippen molar-refractivity contribution in [3.63, 3.8) is 0 Å². The number of ether oxygens (including phenoxy) is 2. The van der Waals surface area contributed by atoms with E-state index >= 15 is 0 Å². The molecule has 0 saturated carbocycles. The molecule has 2 N–H and O–H groups in total. The minimum Gasteiger partial charge on any atom is -0.478 e. The van der Waals surface area contributed by atoms with Gasteiger partial charge in [0.15, 0.2) is 5.15 Å². The number of rotatable bonds is 9. The molecule has 6 rings (SSSR count). The summed E-state index contributed by atoms with van der Waals surface area (Å²) < 4.78 is 13.7. The quantitative estimate of drug-likeness (QED) is 0.212. The van der Waals surface area contributed by atoms with Crippen LogP contribution >= 0.6 is 23.2 Å². The fourth-order valence-electron chi connectivity index (χ4n) is 4.85. The van der Waals surface area contributed by atoms with E-state index in [1.54, 1.807) is 59.3 Å². The molecule has 5 aromatic rings. The molecule has 0 saturated heterocycles. The lowest BCUT2D eigenvalue weighted by molar-refractivity contribution is -0.117. The minimum atomic E-state index is -0.642. The minimum absolute atomic E-state index is 0.171. The topological polar surface area (TPSA) is 164 Å². The Hall–Kier alpha value is -5.34. The maximum absolute atomic E-state index is 13.4. The summed E-state index contributed by atoms with van der Waals surface area (Å²) in [6.07, 6.45) is 5.04. The summed E-state index contributed by atoms with van der Waals surface area (Å²) in [6, 6.07) is 15.1. The largest absolute Gasteiger partial charge is 0.478 e. The first kappa shape index (κ1) is 30.7. The highest BCUT2D eigenvalue weighted by molar-refractivity contribution is 6.32. The number of amides is 2. The van der Waals surface area contributed by atoms with Gasteiger partial charge in [-0.1, -0.05) is 35.3 Å². The third-order valence-corrected chi connectivity index (χ3v) is 7.55. The van der Waals surface area contributed by atoms with Crippen molar-refractivity contribution >= 4 is 47.0 Å².